The average molecular weight is 480 g/mol. The van der Waals surface area contributed by atoms with Gasteiger partial charge in [-0.3, -0.25) is 4.90 Å². The molecule has 3 aliphatic heterocycles. The van der Waals surface area contributed by atoms with Crippen molar-refractivity contribution in [1.82, 2.24) is 9.21 Å². The summed E-state index contributed by atoms with van der Waals surface area (Å²) in [6.07, 6.45) is -0.158. The van der Waals surface area contributed by atoms with Crippen LogP contribution in [-0.4, -0.2) is 62.5 Å². The van der Waals surface area contributed by atoms with Crippen LogP contribution in [0.4, 0.5) is 13.2 Å². The van der Waals surface area contributed by atoms with E-state index in [1.54, 1.807) is 0 Å². The van der Waals surface area contributed by atoms with Gasteiger partial charge in [-0.05, 0) is 60.0 Å². The molecule has 2 aromatic carbocycles. The standard InChI is InChI=1S/C23H24F3N3O3S/c24-16-1-4-19(5-2-16)33(30,31)29-11-14-9-28(10-15(14)12-29)18-8-22(27)23(32-13-18)20-7-17(25)3-6-21(20)26/h1-7,18,22-23H,8-13,27H2/t18-,22?,23?/m1/s1. The smallest absolute Gasteiger partial charge is 0.243 e. The highest BCUT2D eigenvalue weighted by molar-refractivity contribution is 7.89. The quantitative estimate of drug-likeness (QED) is 0.683. The lowest BCUT2D eigenvalue weighted by Crippen LogP contribution is -2.49. The lowest BCUT2D eigenvalue weighted by Gasteiger charge is -2.39. The monoisotopic (exact) mass is 479 g/mol. The summed E-state index contributed by atoms with van der Waals surface area (Å²) in [5.74, 6) is -1.56. The number of ether oxygens (including phenoxy) is 1. The van der Waals surface area contributed by atoms with Crippen molar-refractivity contribution in [1.29, 1.82) is 0 Å². The molecule has 3 heterocycles. The van der Waals surface area contributed by atoms with Crippen molar-refractivity contribution in [2.75, 3.05) is 32.8 Å². The first-order valence-corrected chi connectivity index (χ1v) is 12.2. The summed E-state index contributed by atoms with van der Waals surface area (Å²) < 4.78 is 74.0. The van der Waals surface area contributed by atoms with Crippen LogP contribution in [0.2, 0.25) is 0 Å². The maximum absolute atomic E-state index is 14.2. The van der Waals surface area contributed by atoms with E-state index in [0.717, 1.165) is 41.5 Å². The summed E-state index contributed by atoms with van der Waals surface area (Å²) in [4.78, 5) is 2.27. The van der Waals surface area contributed by atoms with E-state index >= 15 is 0 Å². The van der Waals surface area contributed by atoms with E-state index in [1.165, 1.54) is 16.4 Å². The second-order valence-electron chi connectivity index (χ2n) is 8.81. The van der Waals surface area contributed by atoms with Gasteiger partial charge >= 0.3 is 0 Å². The van der Waals surface area contributed by atoms with Gasteiger partial charge in [-0.2, -0.15) is 4.31 Å². The maximum Gasteiger partial charge on any atom is 0.243 e. The summed E-state index contributed by atoms with van der Waals surface area (Å²) in [5, 5.41) is 0. The zero-order chi connectivity index (χ0) is 23.3. The van der Waals surface area contributed by atoms with Crippen molar-refractivity contribution in [3.63, 3.8) is 0 Å². The van der Waals surface area contributed by atoms with E-state index in [4.69, 9.17) is 10.5 Å². The molecule has 1 fully saturated rings. The largest absolute Gasteiger partial charge is 0.370 e. The zero-order valence-electron chi connectivity index (χ0n) is 17.8. The number of sulfonamides is 1. The highest BCUT2D eigenvalue weighted by Gasteiger charge is 2.41. The molecule has 5 rings (SSSR count). The summed E-state index contributed by atoms with van der Waals surface area (Å²) in [7, 11) is -3.70. The van der Waals surface area contributed by atoms with Crippen LogP contribution in [0, 0.1) is 17.5 Å². The molecular formula is C23H24F3N3O3S. The van der Waals surface area contributed by atoms with Gasteiger partial charge in [0.25, 0.3) is 0 Å². The first kappa shape index (κ1) is 22.5. The van der Waals surface area contributed by atoms with Gasteiger partial charge in [0.2, 0.25) is 10.0 Å². The molecule has 0 spiro atoms. The Bertz CT molecular complexity index is 1190. The van der Waals surface area contributed by atoms with Crippen LogP contribution in [0.15, 0.2) is 58.5 Å². The number of hydrogen-bond acceptors (Lipinski definition) is 5. The summed E-state index contributed by atoms with van der Waals surface area (Å²) in [5.41, 5.74) is 8.52. The van der Waals surface area contributed by atoms with Gasteiger partial charge in [-0.25, -0.2) is 21.6 Å². The van der Waals surface area contributed by atoms with Gasteiger partial charge in [0.05, 0.1) is 11.5 Å². The van der Waals surface area contributed by atoms with Gasteiger partial charge < -0.3 is 10.5 Å². The van der Waals surface area contributed by atoms with Crippen LogP contribution in [0.25, 0.3) is 0 Å². The first-order chi connectivity index (χ1) is 15.7. The molecule has 33 heavy (non-hydrogen) atoms. The Labute approximate surface area is 190 Å². The minimum Gasteiger partial charge on any atom is -0.370 e. The molecule has 0 aliphatic carbocycles. The van der Waals surface area contributed by atoms with Crippen molar-refractivity contribution in [2.45, 2.75) is 29.5 Å². The van der Waals surface area contributed by atoms with Gasteiger partial charge in [-0.1, -0.05) is 0 Å². The van der Waals surface area contributed by atoms with Gasteiger partial charge in [-0.15, -0.1) is 0 Å². The molecule has 3 atom stereocenters. The summed E-state index contributed by atoms with van der Waals surface area (Å²) in [6, 6.07) is 7.61. The molecule has 2 aromatic rings. The molecule has 0 radical (unpaired) electrons. The Balaban J connectivity index is 1.21. The molecule has 6 nitrogen and oxygen atoms in total. The van der Waals surface area contributed by atoms with E-state index in [0.29, 0.717) is 39.2 Å². The van der Waals surface area contributed by atoms with Crippen molar-refractivity contribution in [2.24, 2.45) is 5.73 Å². The van der Waals surface area contributed by atoms with E-state index in [-0.39, 0.29) is 16.5 Å². The average Bonchev–Trinajstić information content (AvgIpc) is 3.36. The fourth-order valence-corrected chi connectivity index (χ4v) is 6.34. The van der Waals surface area contributed by atoms with Crippen molar-refractivity contribution in [3.8, 4) is 0 Å². The molecule has 0 aromatic heterocycles. The number of nitrogens with two attached hydrogens (primary N) is 1. The number of nitrogens with zero attached hydrogens (tertiary/aromatic N) is 2. The number of hydrogen-bond donors (Lipinski definition) is 1. The molecule has 1 saturated heterocycles. The fourth-order valence-electron chi connectivity index (χ4n) is 4.91. The molecule has 2 unspecified atom stereocenters. The topological polar surface area (TPSA) is 75.9 Å². The molecule has 10 heteroatoms. The Morgan fingerprint density at radius 2 is 1.55 bits per heavy atom. The van der Waals surface area contributed by atoms with E-state index < -0.39 is 39.6 Å². The molecule has 0 amide bonds. The Hall–Kier alpha value is -2.24. The molecule has 2 N–H and O–H groups in total. The predicted octanol–water partition coefficient (Wildman–Crippen LogP) is 2.58. The predicted molar refractivity (Wildman–Crippen MR) is 115 cm³/mol. The van der Waals surface area contributed by atoms with Crippen LogP contribution in [-0.2, 0) is 14.8 Å². The highest BCUT2D eigenvalue weighted by Crippen LogP contribution is 2.35. The van der Waals surface area contributed by atoms with E-state index in [2.05, 4.69) is 4.90 Å². The normalized spacial score (nSPS) is 26.7. The molecule has 3 aliphatic rings. The lowest BCUT2D eigenvalue weighted by molar-refractivity contribution is -0.0467. The van der Waals surface area contributed by atoms with Gasteiger partial charge in [0, 0.05) is 43.8 Å². The van der Waals surface area contributed by atoms with Gasteiger partial charge in [0.1, 0.15) is 23.6 Å². The summed E-state index contributed by atoms with van der Waals surface area (Å²) in [6.45, 7) is 2.12. The second kappa shape index (κ2) is 8.52. The van der Waals surface area contributed by atoms with Crippen molar-refractivity contribution < 1.29 is 26.3 Å². The Morgan fingerprint density at radius 3 is 2.18 bits per heavy atom. The van der Waals surface area contributed by atoms with Crippen LogP contribution in [0.1, 0.15) is 18.1 Å². The fraction of sp³-hybridized carbons (Fsp3) is 0.391. The number of benzene rings is 2. The van der Waals surface area contributed by atoms with Crippen LogP contribution in [0.3, 0.4) is 0 Å². The molecule has 0 saturated carbocycles. The van der Waals surface area contributed by atoms with Crippen molar-refractivity contribution >= 4 is 10.0 Å². The third-order valence-electron chi connectivity index (χ3n) is 6.66. The second-order valence-corrected chi connectivity index (χ2v) is 10.8. The maximum atomic E-state index is 14.2. The highest BCUT2D eigenvalue weighted by atomic mass is 32.2. The van der Waals surface area contributed by atoms with Crippen LogP contribution in [0.5, 0.6) is 0 Å². The zero-order valence-corrected chi connectivity index (χ0v) is 18.6. The molecular weight excluding hydrogens is 455 g/mol. The minimum absolute atomic E-state index is 0.000580. The molecule has 176 valence electrons. The summed E-state index contributed by atoms with van der Waals surface area (Å²) >= 11 is 0. The van der Waals surface area contributed by atoms with Gasteiger partial charge in [0.15, 0.2) is 0 Å². The Morgan fingerprint density at radius 1 is 0.909 bits per heavy atom. The lowest BCUT2D eigenvalue weighted by atomic mass is 9.93. The SMILES string of the molecule is NC1C[C@@H](N2CC3=C(C2)CN(S(=O)(=O)c2ccc(F)cc2)C3)COC1c1cc(F)ccc1F. The number of halogens is 3. The van der Waals surface area contributed by atoms with E-state index in [1.807, 2.05) is 0 Å². The van der Waals surface area contributed by atoms with Crippen molar-refractivity contribution in [3.05, 3.63) is 76.6 Å². The molecule has 0 bridgehead atoms. The van der Waals surface area contributed by atoms with Crippen LogP contribution >= 0.6 is 0 Å². The van der Waals surface area contributed by atoms with Crippen LogP contribution < -0.4 is 5.73 Å². The third-order valence-corrected chi connectivity index (χ3v) is 8.46. The minimum atomic E-state index is -3.70. The third kappa shape index (κ3) is 4.22. The first-order valence-electron chi connectivity index (χ1n) is 10.7. The van der Waals surface area contributed by atoms with E-state index in [9.17, 15) is 21.6 Å². The number of rotatable bonds is 4. The Kier molecular flexibility index (Phi) is 5.82.